The van der Waals surface area contributed by atoms with Gasteiger partial charge in [-0.2, -0.15) is 0 Å². The molecule has 7 nitrogen and oxygen atoms in total. The Hall–Kier alpha value is -0.730. The number of nitrogens with one attached hydrogen (secondary N) is 1. The highest BCUT2D eigenvalue weighted by molar-refractivity contribution is 5.76. The van der Waals surface area contributed by atoms with Gasteiger partial charge in [0.15, 0.2) is 0 Å². The molecule has 0 aromatic carbocycles. The number of fused-ring (bicyclic) bond motifs is 1. The number of hydrogen-bond donors (Lipinski definition) is 2. The van der Waals surface area contributed by atoms with Gasteiger partial charge in [-0.3, -0.25) is 4.79 Å². The van der Waals surface area contributed by atoms with Crippen LogP contribution in [0, 0.1) is 0 Å². The van der Waals surface area contributed by atoms with Gasteiger partial charge in [0.1, 0.15) is 12.2 Å². The Kier molecular flexibility index (Phi) is 5.95. The second-order valence-corrected chi connectivity index (χ2v) is 5.97. The second-order valence-electron chi connectivity index (χ2n) is 5.97. The van der Waals surface area contributed by atoms with Crippen molar-refractivity contribution < 1.29 is 24.1 Å². The molecule has 2 rings (SSSR count). The molecule has 2 aliphatic rings. The summed E-state index contributed by atoms with van der Waals surface area (Å²) < 4.78 is 16.5. The number of rotatable bonds is 7. The Bertz CT molecular complexity index is 352. The maximum atomic E-state index is 11.7. The smallest absolute Gasteiger partial charge is 0.222 e. The van der Waals surface area contributed by atoms with Gasteiger partial charge in [0.05, 0.1) is 31.3 Å². The van der Waals surface area contributed by atoms with Crippen LogP contribution < -0.4 is 5.32 Å². The van der Waals surface area contributed by atoms with Crippen molar-refractivity contribution in [2.75, 3.05) is 40.9 Å². The maximum absolute atomic E-state index is 11.7. The lowest BCUT2D eigenvalue weighted by Crippen LogP contribution is -2.38. The fraction of sp³-hybridized carbons (Fsp3) is 0.929. The van der Waals surface area contributed by atoms with Crippen LogP contribution in [-0.2, 0) is 19.0 Å². The van der Waals surface area contributed by atoms with Gasteiger partial charge in [0.2, 0.25) is 5.91 Å². The number of carbonyl (C=O) groups is 1. The highest BCUT2D eigenvalue weighted by atomic mass is 16.6. The summed E-state index contributed by atoms with van der Waals surface area (Å²) in [6, 6.07) is 0. The maximum Gasteiger partial charge on any atom is 0.222 e. The van der Waals surface area contributed by atoms with Crippen molar-refractivity contribution >= 4 is 5.91 Å². The molecule has 2 aliphatic heterocycles. The predicted octanol–water partition coefficient (Wildman–Crippen LogP) is -1.01. The lowest BCUT2D eigenvalue weighted by molar-refractivity contribution is -0.125. The lowest BCUT2D eigenvalue weighted by Gasteiger charge is -2.22. The largest absolute Gasteiger partial charge is 0.388 e. The van der Waals surface area contributed by atoms with E-state index in [0.29, 0.717) is 32.5 Å². The number of amides is 1. The minimum atomic E-state index is -0.626. The van der Waals surface area contributed by atoms with E-state index in [-0.39, 0.29) is 30.3 Å². The van der Waals surface area contributed by atoms with E-state index >= 15 is 0 Å². The molecule has 0 radical (unpaired) electrons. The van der Waals surface area contributed by atoms with E-state index in [4.69, 9.17) is 14.2 Å². The molecule has 2 N–H and O–H groups in total. The molecule has 0 aliphatic carbocycles. The molecule has 0 saturated carbocycles. The quantitative estimate of drug-likeness (QED) is 0.587. The third-order valence-electron chi connectivity index (χ3n) is 3.86. The first-order valence-corrected chi connectivity index (χ1v) is 7.40. The molecular weight excluding hydrogens is 276 g/mol. The van der Waals surface area contributed by atoms with Crippen LogP contribution >= 0.6 is 0 Å². The zero-order valence-corrected chi connectivity index (χ0v) is 12.9. The van der Waals surface area contributed by atoms with Crippen LogP contribution in [0.2, 0.25) is 0 Å². The van der Waals surface area contributed by atoms with Crippen LogP contribution in [0.1, 0.15) is 12.8 Å². The van der Waals surface area contributed by atoms with Crippen LogP contribution in [0.3, 0.4) is 0 Å². The summed E-state index contributed by atoms with van der Waals surface area (Å²) >= 11 is 0. The third-order valence-corrected chi connectivity index (χ3v) is 3.86. The summed E-state index contributed by atoms with van der Waals surface area (Å²) in [7, 11) is 5.48. The molecule has 5 unspecified atom stereocenters. The number of methoxy groups -OCH3 is 1. The van der Waals surface area contributed by atoms with E-state index < -0.39 is 6.10 Å². The Balaban J connectivity index is 1.74. The standard InChI is InChI=1S/C14H26N2O5/c1-16(2)8-11-13(18)14-10(21-11)6-9(20-14)7-12(17)15-4-5-19-3/h9-11,13-14,18H,4-8H2,1-3H3,(H,15,17). The predicted molar refractivity (Wildman–Crippen MR) is 76.0 cm³/mol. The highest BCUT2D eigenvalue weighted by Crippen LogP contribution is 2.35. The average molecular weight is 302 g/mol. The third kappa shape index (κ3) is 4.37. The molecule has 0 aromatic heterocycles. The molecule has 2 fully saturated rings. The monoisotopic (exact) mass is 302 g/mol. The van der Waals surface area contributed by atoms with Crippen molar-refractivity contribution in [1.29, 1.82) is 0 Å². The Morgan fingerprint density at radius 1 is 1.43 bits per heavy atom. The molecule has 122 valence electrons. The lowest BCUT2D eigenvalue weighted by atomic mass is 10.1. The summed E-state index contributed by atoms with van der Waals surface area (Å²) in [6.07, 6.45) is -0.495. The van der Waals surface area contributed by atoms with Gasteiger partial charge in [-0.25, -0.2) is 0 Å². The zero-order valence-electron chi connectivity index (χ0n) is 12.9. The fourth-order valence-electron chi connectivity index (χ4n) is 2.92. The van der Waals surface area contributed by atoms with Crippen molar-refractivity contribution in [3.05, 3.63) is 0 Å². The molecule has 0 spiro atoms. The molecule has 0 bridgehead atoms. The average Bonchev–Trinajstić information content (AvgIpc) is 2.90. The SMILES string of the molecule is COCCNC(=O)CC1CC2OC(CN(C)C)C(O)C2O1. The van der Waals surface area contributed by atoms with Crippen molar-refractivity contribution in [2.24, 2.45) is 0 Å². The van der Waals surface area contributed by atoms with Crippen molar-refractivity contribution in [3.8, 4) is 0 Å². The van der Waals surface area contributed by atoms with E-state index in [2.05, 4.69) is 5.32 Å². The van der Waals surface area contributed by atoms with Crippen LogP contribution in [0.25, 0.3) is 0 Å². The number of nitrogens with zero attached hydrogens (tertiary/aromatic N) is 1. The van der Waals surface area contributed by atoms with E-state index in [1.54, 1.807) is 7.11 Å². The summed E-state index contributed by atoms with van der Waals surface area (Å²) in [4.78, 5) is 13.7. The molecule has 1 amide bonds. The highest BCUT2D eigenvalue weighted by Gasteiger charge is 2.50. The molecule has 7 heteroatoms. The molecule has 2 heterocycles. The first kappa shape index (κ1) is 16.6. The van der Waals surface area contributed by atoms with Gasteiger partial charge in [-0.15, -0.1) is 0 Å². The Morgan fingerprint density at radius 3 is 2.81 bits per heavy atom. The van der Waals surface area contributed by atoms with Crippen molar-refractivity contribution in [2.45, 2.75) is 43.4 Å². The molecule has 2 saturated heterocycles. The first-order chi connectivity index (χ1) is 10.0. The van der Waals surface area contributed by atoms with E-state index in [1.165, 1.54) is 0 Å². The van der Waals surface area contributed by atoms with Crippen molar-refractivity contribution in [3.63, 3.8) is 0 Å². The van der Waals surface area contributed by atoms with Crippen LogP contribution in [0.4, 0.5) is 0 Å². The van der Waals surface area contributed by atoms with Crippen LogP contribution in [-0.4, -0.2) is 87.3 Å². The van der Waals surface area contributed by atoms with Gasteiger partial charge >= 0.3 is 0 Å². The van der Waals surface area contributed by atoms with E-state index in [9.17, 15) is 9.90 Å². The van der Waals surface area contributed by atoms with Gasteiger partial charge in [-0.05, 0) is 14.1 Å². The summed E-state index contributed by atoms with van der Waals surface area (Å²) in [6.45, 7) is 1.66. The Morgan fingerprint density at radius 2 is 2.19 bits per heavy atom. The first-order valence-electron chi connectivity index (χ1n) is 7.40. The second kappa shape index (κ2) is 7.51. The minimum absolute atomic E-state index is 0.0589. The van der Waals surface area contributed by atoms with Gasteiger partial charge in [0, 0.05) is 26.6 Å². The summed E-state index contributed by atoms with van der Waals surface area (Å²) in [5.74, 6) is -0.0589. The van der Waals surface area contributed by atoms with Gasteiger partial charge in [0.25, 0.3) is 0 Å². The molecule has 0 aromatic rings. The van der Waals surface area contributed by atoms with E-state index in [1.807, 2.05) is 19.0 Å². The number of carbonyl (C=O) groups excluding carboxylic acids is 1. The van der Waals surface area contributed by atoms with E-state index in [0.717, 1.165) is 0 Å². The molecule has 21 heavy (non-hydrogen) atoms. The van der Waals surface area contributed by atoms with Crippen LogP contribution in [0.15, 0.2) is 0 Å². The summed E-state index contributed by atoms with van der Waals surface area (Å²) in [5, 5.41) is 13.0. The number of aliphatic hydroxyl groups is 1. The minimum Gasteiger partial charge on any atom is -0.388 e. The number of ether oxygens (including phenoxy) is 3. The number of hydrogen-bond acceptors (Lipinski definition) is 6. The topological polar surface area (TPSA) is 80.3 Å². The van der Waals surface area contributed by atoms with Crippen molar-refractivity contribution in [1.82, 2.24) is 10.2 Å². The fourth-order valence-corrected chi connectivity index (χ4v) is 2.92. The Labute approximate surface area is 125 Å². The van der Waals surface area contributed by atoms with Gasteiger partial charge in [-0.1, -0.05) is 0 Å². The van der Waals surface area contributed by atoms with Crippen LogP contribution in [0.5, 0.6) is 0 Å². The normalized spacial score (nSPS) is 35.2. The van der Waals surface area contributed by atoms with Gasteiger partial charge < -0.3 is 29.5 Å². The zero-order chi connectivity index (χ0) is 15.4. The summed E-state index contributed by atoms with van der Waals surface area (Å²) in [5.41, 5.74) is 0. The number of aliphatic hydroxyl groups excluding tert-OH is 1. The molecule has 5 atom stereocenters. The number of likely N-dealkylation sites (N-methyl/N-ethyl adjacent to an activating group) is 1. The molecular formula is C14H26N2O5.